The van der Waals surface area contributed by atoms with Crippen molar-refractivity contribution >= 4 is 0 Å². The highest BCUT2D eigenvalue weighted by molar-refractivity contribution is 5.48. The van der Waals surface area contributed by atoms with Crippen LogP contribution < -0.4 is 16.0 Å². The van der Waals surface area contributed by atoms with Crippen molar-refractivity contribution < 1.29 is 29.5 Å². The van der Waals surface area contributed by atoms with Gasteiger partial charge < -0.3 is 29.5 Å². The molecule has 0 bridgehead atoms. The molecule has 4 N–H and O–H groups in total. The number of H-pyrrole nitrogens is 1. The van der Waals surface area contributed by atoms with Crippen molar-refractivity contribution in [2.45, 2.75) is 24.0 Å². The minimum atomic E-state index is -1.36. The van der Waals surface area contributed by atoms with Crippen molar-refractivity contribution in [1.29, 1.82) is 0 Å². The van der Waals surface area contributed by atoms with E-state index in [1.807, 2.05) is 72.8 Å². The van der Waals surface area contributed by atoms with Gasteiger partial charge in [-0.3, -0.25) is 14.3 Å². The number of aromatic nitrogens is 2. The molecule has 40 heavy (non-hydrogen) atoms. The summed E-state index contributed by atoms with van der Waals surface area (Å²) in [5.41, 5.74) is -0.634. The van der Waals surface area contributed by atoms with Crippen LogP contribution in [0.15, 0.2) is 107 Å². The molecular formula is C30H32N2O8. The highest BCUT2D eigenvalue weighted by Crippen LogP contribution is 2.43. The first-order chi connectivity index (χ1) is 19.5. The van der Waals surface area contributed by atoms with Gasteiger partial charge in [0.25, 0.3) is 5.56 Å². The molecular weight excluding hydrogens is 516 g/mol. The fourth-order valence-corrected chi connectivity index (χ4v) is 4.59. The molecule has 0 aliphatic heterocycles. The van der Waals surface area contributed by atoms with Gasteiger partial charge in [0.1, 0.15) is 23.6 Å². The van der Waals surface area contributed by atoms with Gasteiger partial charge >= 0.3 is 5.69 Å². The smallest absolute Gasteiger partial charge is 0.330 e. The van der Waals surface area contributed by atoms with Gasteiger partial charge in [-0.2, -0.15) is 0 Å². The van der Waals surface area contributed by atoms with Gasteiger partial charge in [0, 0.05) is 12.3 Å². The molecule has 4 aromatic rings. The zero-order chi connectivity index (χ0) is 28.5. The van der Waals surface area contributed by atoms with Crippen molar-refractivity contribution in [2.75, 3.05) is 26.9 Å². The molecule has 0 amide bonds. The van der Waals surface area contributed by atoms with E-state index in [9.17, 15) is 24.9 Å². The lowest BCUT2D eigenvalue weighted by Gasteiger charge is -2.41. The van der Waals surface area contributed by atoms with Gasteiger partial charge in [-0.25, -0.2) is 4.79 Å². The molecule has 2 atom stereocenters. The average Bonchev–Trinajstić information content (AvgIpc) is 3.00. The monoisotopic (exact) mass is 548 g/mol. The number of methoxy groups -OCH3 is 1. The molecule has 0 saturated heterocycles. The molecule has 1 aromatic heterocycles. The number of nitrogens with zero attached hydrogens (tertiary/aromatic N) is 1. The van der Waals surface area contributed by atoms with Crippen molar-refractivity contribution in [3.63, 3.8) is 0 Å². The Kier molecular flexibility index (Phi) is 9.65. The van der Waals surface area contributed by atoms with Crippen LogP contribution in [0.5, 0.6) is 5.75 Å². The first-order valence-corrected chi connectivity index (χ1v) is 12.7. The number of hydrogen-bond donors (Lipinski definition) is 4. The zero-order valence-corrected chi connectivity index (χ0v) is 21.9. The summed E-state index contributed by atoms with van der Waals surface area (Å²) in [6.45, 7) is -1.76. The minimum Gasteiger partial charge on any atom is -0.497 e. The Bertz CT molecular complexity index is 1410. The van der Waals surface area contributed by atoms with Gasteiger partial charge in [-0.15, -0.1) is 0 Å². The summed E-state index contributed by atoms with van der Waals surface area (Å²) < 4.78 is 19.2. The van der Waals surface area contributed by atoms with Crippen LogP contribution in [0.4, 0.5) is 0 Å². The van der Waals surface area contributed by atoms with Crippen molar-refractivity contribution in [3.05, 3.63) is 135 Å². The normalized spacial score (nSPS) is 13.2. The quantitative estimate of drug-likeness (QED) is 0.185. The predicted octanol–water partition coefficient (Wildman–Crippen LogP) is 1.78. The summed E-state index contributed by atoms with van der Waals surface area (Å²) >= 11 is 0. The third-order valence-electron chi connectivity index (χ3n) is 6.55. The molecule has 0 aliphatic rings. The Balaban J connectivity index is 1.95. The molecule has 210 valence electrons. The van der Waals surface area contributed by atoms with Crippen LogP contribution in [-0.4, -0.2) is 64.0 Å². The van der Waals surface area contributed by atoms with Crippen LogP contribution in [-0.2, 0) is 15.1 Å². The minimum absolute atomic E-state index is 0.565. The largest absolute Gasteiger partial charge is 0.497 e. The number of aliphatic hydroxyl groups is 3. The number of benzene rings is 3. The van der Waals surface area contributed by atoms with Crippen molar-refractivity contribution in [3.8, 4) is 5.75 Å². The highest BCUT2D eigenvalue weighted by atomic mass is 16.6. The van der Waals surface area contributed by atoms with Crippen LogP contribution in [0.3, 0.4) is 0 Å². The molecule has 0 aliphatic carbocycles. The average molecular weight is 549 g/mol. The molecule has 1 heterocycles. The van der Waals surface area contributed by atoms with E-state index in [2.05, 4.69) is 4.98 Å². The van der Waals surface area contributed by atoms with Crippen LogP contribution in [0, 0.1) is 0 Å². The summed E-state index contributed by atoms with van der Waals surface area (Å²) in [5, 5.41) is 30.2. The zero-order valence-electron chi connectivity index (χ0n) is 21.9. The molecule has 3 aromatic carbocycles. The third-order valence-corrected chi connectivity index (χ3v) is 6.55. The molecule has 10 nitrogen and oxygen atoms in total. The summed E-state index contributed by atoms with van der Waals surface area (Å²) in [7, 11) is 1.57. The number of aliphatic hydroxyl groups excluding tert-OH is 3. The van der Waals surface area contributed by atoms with Gasteiger partial charge in [-0.05, 0) is 28.8 Å². The Morgan fingerprint density at radius 2 is 1.32 bits per heavy atom. The second-order valence-electron chi connectivity index (χ2n) is 9.01. The standard InChI is InChI=1S/C30H32N2O8/c1-38-24-14-12-23(13-15-24)30(21-8-4-2-5-9-21,22-10-6-3-7-11-22)40-26(20-35)28(39-25(18-33)19-34)32-17-16-27(36)31-29(32)37/h2-17,25-26,28,33-35H,18-20H2,1H3,(H,31,36,37)/t26-,28-/m1/s1. The number of nitrogens with one attached hydrogen (secondary N) is 1. The number of ether oxygens (including phenoxy) is 3. The second-order valence-corrected chi connectivity index (χ2v) is 9.01. The summed E-state index contributed by atoms with van der Waals surface area (Å²) in [5.74, 6) is 0.632. The Morgan fingerprint density at radius 1 is 0.775 bits per heavy atom. The van der Waals surface area contributed by atoms with E-state index in [0.29, 0.717) is 11.3 Å². The first kappa shape index (κ1) is 28.9. The van der Waals surface area contributed by atoms with Gasteiger partial charge in [0.15, 0.2) is 6.23 Å². The second kappa shape index (κ2) is 13.3. The van der Waals surface area contributed by atoms with E-state index in [4.69, 9.17) is 14.2 Å². The van der Waals surface area contributed by atoms with Crippen LogP contribution in [0.2, 0.25) is 0 Å². The first-order valence-electron chi connectivity index (χ1n) is 12.7. The molecule has 4 rings (SSSR count). The number of hydrogen-bond acceptors (Lipinski definition) is 8. The van der Waals surface area contributed by atoms with E-state index in [0.717, 1.165) is 21.8 Å². The lowest BCUT2D eigenvalue weighted by molar-refractivity contribution is -0.192. The fourth-order valence-electron chi connectivity index (χ4n) is 4.59. The van der Waals surface area contributed by atoms with E-state index in [-0.39, 0.29) is 0 Å². The van der Waals surface area contributed by atoms with Gasteiger partial charge in [0.05, 0.1) is 26.9 Å². The lowest BCUT2D eigenvalue weighted by Crippen LogP contribution is -2.47. The SMILES string of the molecule is COc1ccc(C(O[C@H](CO)[C@@H](OC(CO)CO)n2ccc(=O)[nH]c2=O)(c2ccccc2)c2ccccc2)cc1. The lowest BCUT2D eigenvalue weighted by atomic mass is 9.79. The van der Waals surface area contributed by atoms with E-state index in [1.165, 1.54) is 6.20 Å². The number of rotatable bonds is 13. The van der Waals surface area contributed by atoms with E-state index >= 15 is 0 Å². The molecule has 10 heteroatoms. The van der Waals surface area contributed by atoms with Gasteiger partial charge in [-0.1, -0.05) is 72.8 Å². The maximum atomic E-state index is 12.9. The molecule has 0 spiro atoms. The number of aromatic amines is 1. The van der Waals surface area contributed by atoms with Crippen LogP contribution >= 0.6 is 0 Å². The molecule has 0 fully saturated rings. The van der Waals surface area contributed by atoms with E-state index < -0.39 is 55.1 Å². The Hall–Kier alpha value is -4.06. The topological polar surface area (TPSA) is 143 Å². The van der Waals surface area contributed by atoms with Crippen LogP contribution in [0.1, 0.15) is 22.9 Å². The summed E-state index contributed by atoms with van der Waals surface area (Å²) in [6, 6.07) is 27.1. The maximum Gasteiger partial charge on any atom is 0.330 e. The molecule has 0 saturated carbocycles. The van der Waals surface area contributed by atoms with E-state index in [1.54, 1.807) is 19.2 Å². The van der Waals surface area contributed by atoms with Gasteiger partial charge in [0.2, 0.25) is 0 Å². The Morgan fingerprint density at radius 3 is 1.80 bits per heavy atom. The fraction of sp³-hybridized carbons (Fsp3) is 0.267. The summed E-state index contributed by atoms with van der Waals surface area (Å²) in [4.78, 5) is 26.8. The van der Waals surface area contributed by atoms with Crippen molar-refractivity contribution in [1.82, 2.24) is 9.55 Å². The Labute approximate surface area is 230 Å². The third kappa shape index (κ3) is 6.06. The maximum absolute atomic E-state index is 12.9. The molecule has 0 radical (unpaired) electrons. The summed E-state index contributed by atoms with van der Waals surface area (Å²) in [6.07, 6.45) is -2.50. The highest BCUT2D eigenvalue weighted by Gasteiger charge is 2.43. The van der Waals surface area contributed by atoms with Crippen molar-refractivity contribution in [2.24, 2.45) is 0 Å². The predicted molar refractivity (Wildman–Crippen MR) is 147 cm³/mol. The molecule has 0 unspecified atom stereocenters. The van der Waals surface area contributed by atoms with Crippen LogP contribution in [0.25, 0.3) is 0 Å².